The van der Waals surface area contributed by atoms with Crippen LogP contribution in [0.4, 0.5) is 0 Å². The minimum Gasteiger partial charge on any atom is -0.497 e. The first-order chi connectivity index (χ1) is 15.0. The monoisotopic (exact) mass is 559 g/mol. The smallest absolute Gasteiger partial charge is 0.251 e. The van der Waals surface area contributed by atoms with Gasteiger partial charge in [-0.2, -0.15) is 0 Å². The third kappa shape index (κ3) is 6.95. The maximum absolute atomic E-state index is 12.6. The molecule has 9 heteroatoms. The van der Waals surface area contributed by atoms with Crippen LogP contribution in [0.2, 0.25) is 0 Å². The fraction of sp³-hybridized carbons (Fsp3) is 0.652. The summed E-state index contributed by atoms with van der Waals surface area (Å²) >= 11 is 0. The lowest BCUT2D eigenvalue weighted by Crippen LogP contribution is -2.55. The molecule has 2 saturated heterocycles. The van der Waals surface area contributed by atoms with Crippen LogP contribution in [-0.2, 0) is 9.53 Å². The number of methoxy groups -OCH3 is 1. The molecule has 1 N–H and O–H groups in total. The molecule has 1 amide bonds. The predicted molar refractivity (Wildman–Crippen MR) is 138 cm³/mol. The van der Waals surface area contributed by atoms with Crippen molar-refractivity contribution in [2.24, 2.45) is 4.99 Å². The van der Waals surface area contributed by atoms with Crippen LogP contribution >= 0.6 is 24.0 Å². The Kier molecular flexibility index (Phi) is 11.0. The Labute approximate surface area is 209 Å². The molecule has 2 unspecified atom stereocenters. The van der Waals surface area contributed by atoms with Crippen molar-refractivity contribution in [1.29, 1.82) is 0 Å². The molecule has 32 heavy (non-hydrogen) atoms. The van der Waals surface area contributed by atoms with Gasteiger partial charge in [-0.1, -0.05) is 12.1 Å². The van der Waals surface area contributed by atoms with Gasteiger partial charge in [0.05, 0.1) is 19.7 Å². The lowest BCUT2D eigenvalue weighted by Gasteiger charge is -2.37. The minimum atomic E-state index is -0.237. The van der Waals surface area contributed by atoms with Crippen LogP contribution < -0.4 is 10.1 Å². The number of piperazine rings is 1. The summed E-state index contributed by atoms with van der Waals surface area (Å²) in [6, 6.07) is 8.35. The van der Waals surface area contributed by atoms with Gasteiger partial charge < -0.3 is 29.5 Å². The van der Waals surface area contributed by atoms with E-state index in [0.29, 0.717) is 26.2 Å². The van der Waals surface area contributed by atoms with Crippen molar-refractivity contribution < 1.29 is 14.3 Å². The van der Waals surface area contributed by atoms with Crippen molar-refractivity contribution in [3.05, 3.63) is 29.8 Å². The molecule has 0 radical (unpaired) electrons. The number of aliphatic imine (C=N–C) groups is 1. The molecule has 8 nitrogen and oxygen atoms in total. The van der Waals surface area contributed by atoms with E-state index in [1.165, 1.54) is 5.56 Å². The Hall–Kier alpha value is -1.59. The summed E-state index contributed by atoms with van der Waals surface area (Å²) in [6.07, 6.45) is 1.59. The van der Waals surface area contributed by atoms with Crippen molar-refractivity contribution >= 4 is 35.8 Å². The van der Waals surface area contributed by atoms with Gasteiger partial charge in [0.25, 0.3) is 5.91 Å². The number of rotatable bonds is 7. The maximum Gasteiger partial charge on any atom is 0.251 e. The predicted octanol–water partition coefficient (Wildman–Crippen LogP) is 2.20. The number of carbonyl (C=O) groups excluding carboxylic acids is 1. The van der Waals surface area contributed by atoms with Gasteiger partial charge in [-0.3, -0.25) is 9.79 Å². The van der Waals surface area contributed by atoms with E-state index in [9.17, 15) is 4.79 Å². The highest BCUT2D eigenvalue weighted by molar-refractivity contribution is 14.0. The van der Waals surface area contributed by atoms with Crippen molar-refractivity contribution in [3.63, 3.8) is 0 Å². The number of nitrogens with zero attached hydrogens (tertiary/aromatic N) is 4. The SMILES string of the molecule is CCNC(=NCC(c1ccc(OC)cc1)N(C)C)N1CCN(C(=O)C2CCCO2)CC1.I. The first kappa shape index (κ1) is 26.7. The molecule has 2 aliphatic rings. The Morgan fingerprint density at radius 2 is 1.88 bits per heavy atom. The summed E-state index contributed by atoms with van der Waals surface area (Å²) in [5, 5.41) is 3.42. The molecule has 0 aliphatic carbocycles. The number of hydrogen-bond acceptors (Lipinski definition) is 5. The molecule has 1 aromatic rings. The normalized spacial score (nSPS) is 20.2. The summed E-state index contributed by atoms with van der Waals surface area (Å²) in [5.41, 5.74) is 1.21. The second kappa shape index (κ2) is 13.2. The molecule has 3 rings (SSSR count). The Morgan fingerprint density at radius 1 is 1.22 bits per heavy atom. The van der Waals surface area contributed by atoms with Gasteiger partial charge in [0.15, 0.2) is 5.96 Å². The van der Waals surface area contributed by atoms with Crippen molar-refractivity contribution in [3.8, 4) is 5.75 Å². The van der Waals surface area contributed by atoms with Gasteiger partial charge in [0, 0.05) is 39.3 Å². The summed E-state index contributed by atoms with van der Waals surface area (Å²) in [7, 11) is 5.83. The molecule has 0 spiro atoms. The van der Waals surface area contributed by atoms with Crippen LogP contribution in [0.25, 0.3) is 0 Å². The highest BCUT2D eigenvalue weighted by atomic mass is 127. The number of hydrogen-bond donors (Lipinski definition) is 1. The van der Waals surface area contributed by atoms with Crippen LogP contribution in [0, 0.1) is 0 Å². The molecule has 0 aromatic heterocycles. The van der Waals surface area contributed by atoms with Gasteiger partial charge in [-0.05, 0) is 51.6 Å². The molecular weight excluding hydrogens is 521 g/mol. The van der Waals surface area contributed by atoms with E-state index >= 15 is 0 Å². The van der Waals surface area contributed by atoms with E-state index in [-0.39, 0.29) is 42.0 Å². The lowest BCUT2D eigenvalue weighted by atomic mass is 10.1. The highest BCUT2D eigenvalue weighted by Crippen LogP contribution is 2.22. The standard InChI is InChI=1S/C23H37N5O3.HI/c1-5-24-23(25-17-20(26(2)3)18-8-10-19(30-4)11-9-18)28-14-12-27(13-15-28)22(29)21-7-6-16-31-21;/h8-11,20-21H,5-7,12-17H2,1-4H3,(H,24,25);1H. The second-order valence-corrected chi connectivity index (χ2v) is 8.26. The van der Waals surface area contributed by atoms with Crippen LogP contribution in [-0.4, -0.2) is 99.8 Å². The first-order valence-electron chi connectivity index (χ1n) is 11.3. The van der Waals surface area contributed by atoms with E-state index in [4.69, 9.17) is 14.5 Å². The zero-order valence-electron chi connectivity index (χ0n) is 19.7. The van der Waals surface area contributed by atoms with Gasteiger partial charge in [0.1, 0.15) is 11.9 Å². The topological polar surface area (TPSA) is 69.6 Å². The molecule has 2 aliphatic heterocycles. The fourth-order valence-electron chi connectivity index (χ4n) is 4.11. The van der Waals surface area contributed by atoms with E-state index in [0.717, 1.165) is 44.2 Å². The van der Waals surface area contributed by atoms with E-state index in [1.807, 2.05) is 17.0 Å². The van der Waals surface area contributed by atoms with Crippen molar-refractivity contribution in [2.45, 2.75) is 31.9 Å². The minimum absolute atomic E-state index is 0. The number of likely N-dealkylation sites (N-methyl/N-ethyl adjacent to an activating group) is 1. The van der Waals surface area contributed by atoms with E-state index < -0.39 is 0 Å². The molecule has 1 aromatic carbocycles. The zero-order valence-corrected chi connectivity index (χ0v) is 22.1. The molecular formula is C23H38IN5O3. The third-order valence-corrected chi connectivity index (χ3v) is 5.97. The number of ether oxygens (including phenoxy) is 2. The van der Waals surface area contributed by atoms with Gasteiger partial charge in [-0.15, -0.1) is 24.0 Å². The van der Waals surface area contributed by atoms with Crippen molar-refractivity contribution in [2.75, 3.05) is 67.1 Å². The maximum atomic E-state index is 12.6. The molecule has 2 fully saturated rings. The van der Waals surface area contributed by atoms with E-state index in [2.05, 4.69) is 48.3 Å². The number of halogens is 1. The second-order valence-electron chi connectivity index (χ2n) is 8.26. The summed E-state index contributed by atoms with van der Waals surface area (Å²) in [4.78, 5) is 24.0. The summed E-state index contributed by atoms with van der Waals surface area (Å²) in [6.45, 7) is 7.21. The number of carbonyl (C=O) groups is 1. The Morgan fingerprint density at radius 3 is 2.41 bits per heavy atom. The average molecular weight is 559 g/mol. The highest BCUT2D eigenvalue weighted by Gasteiger charge is 2.31. The van der Waals surface area contributed by atoms with Crippen LogP contribution in [0.5, 0.6) is 5.75 Å². The van der Waals surface area contributed by atoms with Crippen LogP contribution in [0.1, 0.15) is 31.4 Å². The largest absolute Gasteiger partial charge is 0.497 e. The molecule has 2 heterocycles. The number of benzene rings is 1. The molecule has 0 bridgehead atoms. The molecule has 180 valence electrons. The molecule has 0 saturated carbocycles. The first-order valence-corrected chi connectivity index (χ1v) is 11.3. The quantitative estimate of drug-likeness (QED) is 0.314. The number of guanidine groups is 1. The lowest BCUT2D eigenvalue weighted by molar-refractivity contribution is -0.142. The third-order valence-electron chi connectivity index (χ3n) is 5.97. The van der Waals surface area contributed by atoms with Gasteiger partial charge in [0.2, 0.25) is 0 Å². The van der Waals surface area contributed by atoms with Crippen LogP contribution in [0.3, 0.4) is 0 Å². The number of nitrogens with one attached hydrogen (secondary N) is 1. The number of amides is 1. The van der Waals surface area contributed by atoms with Crippen LogP contribution in [0.15, 0.2) is 29.3 Å². The summed E-state index contributed by atoms with van der Waals surface area (Å²) < 4.78 is 10.9. The van der Waals surface area contributed by atoms with Gasteiger partial charge in [-0.25, -0.2) is 0 Å². The fourth-order valence-corrected chi connectivity index (χ4v) is 4.11. The Bertz CT molecular complexity index is 730. The van der Waals surface area contributed by atoms with Crippen molar-refractivity contribution in [1.82, 2.24) is 20.0 Å². The zero-order chi connectivity index (χ0) is 22.2. The van der Waals surface area contributed by atoms with E-state index in [1.54, 1.807) is 7.11 Å². The Balaban J connectivity index is 0.00000363. The van der Waals surface area contributed by atoms with Gasteiger partial charge >= 0.3 is 0 Å². The summed E-state index contributed by atoms with van der Waals surface area (Å²) in [5.74, 6) is 1.91. The average Bonchev–Trinajstić information content (AvgIpc) is 3.33. The molecule has 2 atom stereocenters.